The first-order chi connectivity index (χ1) is 9.74. The minimum absolute atomic E-state index is 0.561. The van der Waals surface area contributed by atoms with Crippen molar-refractivity contribution in [3.63, 3.8) is 0 Å². The maximum Gasteiger partial charge on any atom is 0.0430 e. The maximum absolute atomic E-state index is 3.76. The van der Waals surface area contributed by atoms with Gasteiger partial charge in [-0.05, 0) is 36.3 Å². The number of benzene rings is 1. The van der Waals surface area contributed by atoms with Crippen LogP contribution in [0.5, 0.6) is 0 Å². The Morgan fingerprint density at radius 3 is 2.50 bits per heavy atom. The lowest BCUT2D eigenvalue weighted by Gasteiger charge is -2.23. The molecule has 0 aliphatic carbocycles. The third-order valence-electron chi connectivity index (χ3n) is 3.95. The van der Waals surface area contributed by atoms with Crippen molar-refractivity contribution >= 4 is 17.0 Å². The largest absolute Gasteiger partial charge is 0.382 e. The topological polar surface area (TPSA) is 12.0 Å². The molecule has 0 saturated heterocycles. The van der Waals surface area contributed by atoms with Crippen molar-refractivity contribution in [1.29, 1.82) is 0 Å². The molecule has 2 atom stereocenters. The van der Waals surface area contributed by atoms with Crippen molar-refractivity contribution in [2.45, 2.75) is 46.1 Å². The van der Waals surface area contributed by atoms with Crippen LogP contribution in [0, 0.1) is 5.92 Å². The molecular weight excluding hydrogens is 262 g/mol. The summed E-state index contributed by atoms with van der Waals surface area (Å²) in [5.41, 5.74) is 2.59. The van der Waals surface area contributed by atoms with Crippen LogP contribution < -0.4 is 5.32 Å². The summed E-state index contributed by atoms with van der Waals surface area (Å²) in [6.45, 7) is 6.89. The molecule has 1 aromatic heterocycles. The summed E-state index contributed by atoms with van der Waals surface area (Å²) in [4.78, 5) is 1.34. The summed E-state index contributed by atoms with van der Waals surface area (Å²) in [5, 5.41) is 5.90. The lowest BCUT2D eigenvalue weighted by atomic mass is 9.97. The van der Waals surface area contributed by atoms with Crippen LogP contribution >= 0.6 is 11.3 Å². The van der Waals surface area contributed by atoms with E-state index in [0.717, 1.165) is 5.92 Å². The Balaban J connectivity index is 2.16. The summed E-state index contributed by atoms with van der Waals surface area (Å²) in [6.07, 6.45) is 3.67. The van der Waals surface area contributed by atoms with Crippen molar-refractivity contribution in [2.75, 3.05) is 5.32 Å². The van der Waals surface area contributed by atoms with Crippen molar-refractivity contribution in [2.24, 2.45) is 5.92 Å². The van der Waals surface area contributed by atoms with E-state index in [0.29, 0.717) is 6.04 Å². The number of rotatable bonds is 7. The van der Waals surface area contributed by atoms with Gasteiger partial charge in [-0.1, -0.05) is 51.5 Å². The van der Waals surface area contributed by atoms with Crippen LogP contribution in [-0.2, 0) is 0 Å². The molecule has 1 aromatic carbocycles. The average Bonchev–Trinajstić information content (AvgIpc) is 3.01. The summed E-state index contributed by atoms with van der Waals surface area (Å²) >= 11 is 1.80. The van der Waals surface area contributed by atoms with Crippen LogP contribution in [0.2, 0.25) is 0 Å². The molecule has 0 spiro atoms. The Morgan fingerprint density at radius 2 is 1.85 bits per heavy atom. The third-order valence-corrected chi connectivity index (χ3v) is 4.85. The summed E-state index contributed by atoms with van der Waals surface area (Å²) in [7, 11) is 0. The van der Waals surface area contributed by atoms with Crippen molar-refractivity contribution in [3.05, 3.63) is 41.8 Å². The zero-order valence-electron chi connectivity index (χ0n) is 12.7. The zero-order chi connectivity index (χ0) is 14.4. The van der Waals surface area contributed by atoms with Crippen LogP contribution in [0.25, 0.3) is 10.4 Å². The van der Waals surface area contributed by atoms with E-state index in [4.69, 9.17) is 0 Å². The highest BCUT2D eigenvalue weighted by Gasteiger charge is 2.13. The Labute approximate surface area is 127 Å². The number of nitrogens with one attached hydrogen (secondary N) is 1. The zero-order valence-corrected chi connectivity index (χ0v) is 13.5. The van der Waals surface area contributed by atoms with Gasteiger partial charge in [0.25, 0.3) is 0 Å². The minimum atomic E-state index is 0.561. The fraction of sp³-hybridized carbons (Fsp3) is 0.444. The molecule has 0 aliphatic rings. The van der Waals surface area contributed by atoms with Gasteiger partial charge < -0.3 is 5.32 Å². The van der Waals surface area contributed by atoms with E-state index in [1.165, 1.54) is 35.4 Å². The van der Waals surface area contributed by atoms with E-state index >= 15 is 0 Å². The lowest BCUT2D eigenvalue weighted by Crippen LogP contribution is -2.21. The molecule has 1 heterocycles. The Morgan fingerprint density at radius 1 is 1.05 bits per heavy atom. The fourth-order valence-electron chi connectivity index (χ4n) is 2.46. The first-order valence-corrected chi connectivity index (χ1v) is 8.52. The van der Waals surface area contributed by atoms with Gasteiger partial charge in [-0.2, -0.15) is 0 Å². The molecule has 0 radical (unpaired) electrons. The minimum Gasteiger partial charge on any atom is -0.382 e. The fourth-order valence-corrected chi connectivity index (χ4v) is 3.22. The molecule has 20 heavy (non-hydrogen) atoms. The van der Waals surface area contributed by atoms with Crippen LogP contribution in [0.1, 0.15) is 40.0 Å². The second-order valence-electron chi connectivity index (χ2n) is 5.52. The van der Waals surface area contributed by atoms with Gasteiger partial charge in [0, 0.05) is 22.2 Å². The van der Waals surface area contributed by atoms with Crippen molar-refractivity contribution in [3.8, 4) is 10.4 Å². The summed E-state index contributed by atoms with van der Waals surface area (Å²) in [5.74, 6) is 0.779. The molecule has 0 aliphatic heterocycles. The van der Waals surface area contributed by atoms with Crippen LogP contribution in [0.4, 0.5) is 5.69 Å². The second-order valence-corrected chi connectivity index (χ2v) is 6.47. The number of para-hydroxylation sites is 1. The molecule has 2 rings (SSSR count). The van der Waals surface area contributed by atoms with Gasteiger partial charge in [0.2, 0.25) is 0 Å². The van der Waals surface area contributed by atoms with Gasteiger partial charge >= 0.3 is 0 Å². The van der Waals surface area contributed by atoms with Crippen LogP contribution in [-0.4, -0.2) is 6.04 Å². The van der Waals surface area contributed by atoms with Gasteiger partial charge in [-0.25, -0.2) is 0 Å². The van der Waals surface area contributed by atoms with E-state index < -0.39 is 0 Å². The highest BCUT2D eigenvalue weighted by Crippen LogP contribution is 2.32. The van der Waals surface area contributed by atoms with Crippen molar-refractivity contribution < 1.29 is 0 Å². The lowest BCUT2D eigenvalue weighted by molar-refractivity contribution is 0.462. The van der Waals surface area contributed by atoms with E-state index in [1.54, 1.807) is 11.3 Å². The number of hydrogen-bond acceptors (Lipinski definition) is 2. The predicted octanol–water partition coefficient (Wildman–Crippen LogP) is 6.04. The highest BCUT2D eigenvalue weighted by molar-refractivity contribution is 7.13. The highest BCUT2D eigenvalue weighted by atomic mass is 32.1. The first-order valence-electron chi connectivity index (χ1n) is 7.64. The summed E-state index contributed by atoms with van der Waals surface area (Å²) < 4.78 is 0. The molecule has 0 bridgehead atoms. The van der Waals surface area contributed by atoms with Gasteiger partial charge in [-0.3, -0.25) is 0 Å². The molecule has 108 valence electrons. The molecule has 0 fully saturated rings. The van der Waals surface area contributed by atoms with Gasteiger partial charge in [-0.15, -0.1) is 11.3 Å². The van der Waals surface area contributed by atoms with Gasteiger partial charge in [0.05, 0.1) is 0 Å². The monoisotopic (exact) mass is 287 g/mol. The standard InChI is InChI=1S/C18H25NS/c1-4-14(3)13-15(5-2)19-17-10-7-6-9-16(17)18-11-8-12-20-18/h6-12,14-15,19H,4-5,13H2,1-3H3. The normalized spacial score (nSPS) is 13.9. The Hall–Kier alpha value is -1.28. The smallest absolute Gasteiger partial charge is 0.0430 e. The Bertz CT molecular complexity index is 504. The summed E-state index contributed by atoms with van der Waals surface area (Å²) in [6, 6.07) is 13.5. The van der Waals surface area contributed by atoms with Crippen LogP contribution in [0.3, 0.4) is 0 Å². The molecule has 2 heteroatoms. The average molecular weight is 287 g/mol. The molecular formula is C18H25NS. The first kappa shape index (κ1) is 15.1. The number of anilines is 1. The molecule has 1 nitrogen and oxygen atoms in total. The molecule has 2 unspecified atom stereocenters. The second kappa shape index (κ2) is 7.49. The van der Waals surface area contributed by atoms with E-state index in [9.17, 15) is 0 Å². The third kappa shape index (κ3) is 3.86. The predicted molar refractivity (Wildman–Crippen MR) is 91.5 cm³/mol. The Kier molecular flexibility index (Phi) is 5.66. The molecule has 1 N–H and O–H groups in total. The molecule has 0 saturated carbocycles. The molecule has 2 aromatic rings. The van der Waals surface area contributed by atoms with Gasteiger partial charge in [0.1, 0.15) is 0 Å². The van der Waals surface area contributed by atoms with Crippen LogP contribution in [0.15, 0.2) is 41.8 Å². The van der Waals surface area contributed by atoms with Crippen molar-refractivity contribution in [1.82, 2.24) is 0 Å². The quantitative estimate of drug-likeness (QED) is 0.654. The number of thiophene rings is 1. The van der Waals surface area contributed by atoms with Gasteiger partial charge in [0.15, 0.2) is 0 Å². The number of hydrogen-bond donors (Lipinski definition) is 1. The SMILES string of the molecule is CCC(C)CC(CC)Nc1ccccc1-c1cccs1. The van der Waals surface area contributed by atoms with E-state index in [1.807, 2.05) is 0 Å². The molecule has 0 amide bonds. The maximum atomic E-state index is 3.76. The van der Waals surface area contributed by atoms with E-state index in [-0.39, 0.29) is 0 Å². The van der Waals surface area contributed by atoms with E-state index in [2.05, 4.69) is 67.9 Å².